The summed E-state index contributed by atoms with van der Waals surface area (Å²) in [4.78, 5) is 7.97. The van der Waals surface area contributed by atoms with E-state index in [1.807, 2.05) is 11.8 Å². The van der Waals surface area contributed by atoms with Gasteiger partial charge in [0.2, 0.25) is 0 Å². The molecule has 0 saturated heterocycles. The summed E-state index contributed by atoms with van der Waals surface area (Å²) in [7, 11) is 0. The van der Waals surface area contributed by atoms with Gasteiger partial charge in [0.05, 0.1) is 0 Å². The molecule has 0 amide bonds. The van der Waals surface area contributed by atoms with Gasteiger partial charge in [0.1, 0.15) is 0 Å². The van der Waals surface area contributed by atoms with Crippen LogP contribution in [0.2, 0.25) is 0 Å². The molecule has 0 fully saturated rings. The van der Waals surface area contributed by atoms with Crippen molar-refractivity contribution in [3.05, 3.63) is 36.0 Å². The summed E-state index contributed by atoms with van der Waals surface area (Å²) in [6, 6.07) is 8.46. The molecular formula is C17H27IN4S. The van der Waals surface area contributed by atoms with Crippen molar-refractivity contribution in [1.82, 2.24) is 15.6 Å². The van der Waals surface area contributed by atoms with Crippen LogP contribution >= 0.6 is 35.7 Å². The highest BCUT2D eigenvalue weighted by Crippen LogP contribution is 2.18. The quantitative estimate of drug-likeness (QED) is 0.251. The number of hydrogen-bond donors (Lipinski definition) is 3. The normalized spacial score (nSPS) is 11.3. The van der Waals surface area contributed by atoms with Crippen LogP contribution in [0.15, 0.2) is 35.5 Å². The smallest absolute Gasteiger partial charge is 0.191 e. The lowest BCUT2D eigenvalue weighted by atomic mass is 10.1. The third kappa shape index (κ3) is 6.63. The van der Waals surface area contributed by atoms with E-state index in [4.69, 9.17) is 0 Å². The van der Waals surface area contributed by atoms with Crippen molar-refractivity contribution in [2.45, 2.75) is 19.8 Å². The first-order chi connectivity index (χ1) is 10.8. The number of aliphatic imine (C=N–C) groups is 1. The number of H-pyrrole nitrogens is 1. The monoisotopic (exact) mass is 446 g/mol. The van der Waals surface area contributed by atoms with E-state index in [1.165, 1.54) is 16.5 Å². The molecule has 2 rings (SSSR count). The van der Waals surface area contributed by atoms with E-state index in [2.05, 4.69) is 64.3 Å². The molecule has 0 saturated carbocycles. The zero-order valence-corrected chi connectivity index (χ0v) is 17.0. The molecule has 0 aliphatic carbocycles. The summed E-state index contributed by atoms with van der Waals surface area (Å²) in [5.74, 6) is 2.02. The Labute approximate surface area is 160 Å². The highest BCUT2D eigenvalue weighted by Gasteiger charge is 2.02. The van der Waals surface area contributed by atoms with E-state index in [1.54, 1.807) is 0 Å². The number of benzene rings is 1. The number of para-hydroxylation sites is 1. The van der Waals surface area contributed by atoms with Crippen LogP contribution in [0, 0.1) is 0 Å². The molecule has 6 heteroatoms. The minimum absolute atomic E-state index is 0. The summed E-state index contributed by atoms with van der Waals surface area (Å²) in [5, 5.41) is 7.98. The van der Waals surface area contributed by atoms with Crippen LogP contribution in [0.25, 0.3) is 10.9 Å². The third-order valence-electron chi connectivity index (χ3n) is 3.49. The maximum Gasteiger partial charge on any atom is 0.191 e. The van der Waals surface area contributed by atoms with Crippen molar-refractivity contribution in [3.63, 3.8) is 0 Å². The number of nitrogens with one attached hydrogen (secondary N) is 3. The second-order valence-corrected chi connectivity index (χ2v) is 6.13. The van der Waals surface area contributed by atoms with Crippen molar-refractivity contribution in [2.75, 3.05) is 31.6 Å². The van der Waals surface area contributed by atoms with Gasteiger partial charge < -0.3 is 15.6 Å². The van der Waals surface area contributed by atoms with Crippen LogP contribution in [0.5, 0.6) is 0 Å². The third-order valence-corrected chi connectivity index (χ3v) is 4.10. The van der Waals surface area contributed by atoms with Crippen molar-refractivity contribution >= 4 is 52.6 Å². The fourth-order valence-electron chi connectivity index (χ4n) is 2.41. The molecule has 128 valence electrons. The average molecular weight is 446 g/mol. The summed E-state index contributed by atoms with van der Waals surface area (Å²) in [6.07, 6.45) is 6.35. The Morgan fingerprint density at radius 1 is 1.26 bits per heavy atom. The molecule has 1 heterocycles. The predicted molar refractivity (Wildman–Crippen MR) is 114 cm³/mol. The van der Waals surface area contributed by atoms with Gasteiger partial charge in [0, 0.05) is 42.5 Å². The van der Waals surface area contributed by atoms with E-state index in [9.17, 15) is 0 Å². The molecule has 0 atom stereocenters. The minimum Gasteiger partial charge on any atom is -0.361 e. The Bertz CT molecular complexity index is 597. The standard InChI is InChI=1S/C17H26N4S.HI/c1-3-18-17(20-11-12-22-2)19-10-6-7-14-13-21-16-9-5-4-8-15(14)16;/h4-5,8-9,13,21H,3,6-7,10-12H2,1-2H3,(H2,18,19,20);1H. The Kier molecular flexibility index (Phi) is 10.2. The molecule has 4 nitrogen and oxygen atoms in total. The molecule has 0 radical (unpaired) electrons. The number of nitrogens with zero attached hydrogens (tertiary/aromatic N) is 1. The second kappa shape index (κ2) is 11.6. The van der Waals surface area contributed by atoms with Crippen LogP contribution < -0.4 is 10.6 Å². The highest BCUT2D eigenvalue weighted by atomic mass is 127. The van der Waals surface area contributed by atoms with Gasteiger partial charge in [0.15, 0.2) is 5.96 Å². The number of aryl methyl sites for hydroxylation is 1. The van der Waals surface area contributed by atoms with E-state index < -0.39 is 0 Å². The van der Waals surface area contributed by atoms with E-state index >= 15 is 0 Å². The molecule has 3 N–H and O–H groups in total. The fourth-order valence-corrected chi connectivity index (χ4v) is 2.72. The molecule has 0 aliphatic heterocycles. The predicted octanol–water partition coefficient (Wildman–Crippen LogP) is 3.64. The molecule has 0 spiro atoms. The van der Waals surface area contributed by atoms with Crippen LogP contribution in [-0.4, -0.2) is 42.6 Å². The van der Waals surface area contributed by atoms with Gasteiger partial charge in [-0.2, -0.15) is 11.8 Å². The Balaban J connectivity index is 0.00000264. The number of hydrogen-bond acceptors (Lipinski definition) is 2. The van der Waals surface area contributed by atoms with Gasteiger partial charge in [-0.05, 0) is 37.7 Å². The lowest BCUT2D eigenvalue weighted by molar-refractivity contribution is 0.799. The minimum atomic E-state index is 0. The van der Waals surface area contributed by atoms with Crippen molar-refractivity contribution in [1.29, 1.82) is 0 Å². The van der Waals surface area contributed by atoms with Crippen molar-refractivity contribution in [3.8, 4) is 0 Å². The summed E-state index contributed by atoms with van der Waals surface area (Å²) in [5.41, 5.74) is 2.60. The topological polar surface area (TPSA) is 52.2 Å². The van der Waals surface area contributed by atoms with E-state index in [-0.39, 0.29) is 24.0 Å². The van der Waals surface area contributed by atoms with Gasteiger partial charge >= 0.3 is 0 Å². The Morgan fingerprint density at radius 2 is 2.09 bits per heavy atom. The number of aromatic amines is 1. The van der Waals surface area contributed by atoms with E-state index in [0.29, 0.717) is 0 Å². The first-order valence-electron chi connectivity index (χ1n) is 7.91. The number of halogens is 1. The molecule has 0 bridgehead atoms. The first-order valence-corrected chi connectivity index (χ1v) is 9.30. The zero-order valence-electron chi connectivity index (χ0n) is 13.9. The van der Waals surface area contributed by atoms with Gasteiger partial charge in [-0.3, -0.25) is 4.99 Å². The zero-order chi connectivity index (χ0) is 15.6. The summed E-state index contributed by atoms with van der Waals surface area (Å²) >= 11 is 1.84. The molecule has 23 heavy (non-hydrogen) atoms. The van der Waals surface area contributed by atoms with Crippen LogP contribution in [0.1, 0.15) is 18.9 Å². The number of aromatic nitrogens is 1. The van der Waals surface area contributed by atoms with Crippen molar-refractivity contribution in [2.24, 2.45) is 4.99 Å². The molecule has 0 unspecified atom stereocenters. The summed E-state index contributed by atoms with van der Waals surface area (Å²) < 4.78 is 0. The largest absolute Gasteiger partial charge is 0.361 e. The number of fused-ring (bicyclic) bond motifs is 1. The highest BCUT2D eigenvalue weighted by molar-refractivity contribution is 14.0. The molecule has 1 aromatic heterocycles. The lowest BCUT2D eigenvalue weighted by Gasteiger charge is -2.10. The summed E-state index contributed by atoms with van der Waals surface area (Å²) in [6.45, 7) is 4.79. The van der Waals surface area contributed by atoms with Crippen LogP contribution in [0.4, 0.5) is 0 Å². The molecular weight excluding hydrogens is 419 g/mol. The lowest BCUT2D eigenvalue weighted by Crippen LogP contribution is -2.38. The molecule has 1 aromatic carbocycles. The maximum atomic E-state index is 4.64. The van der Waals surface area contributed by atoms with Gasteiger partial charge in [-0.25, -0.2) is 0 Å². The van der Waals surface area contributed by atoms with Crippen LogP contribution in [0.3, 0.4) is 0 Å². The van der Waals surface area contributed by atoms with Gasteiger partial charge in [0.25, 0.3) is 0 Å². The average Bonchev–Trinajstić information content (AvgIpc) is 2.95. The molecule has 0 aliphatic rings. The maximum absolute atomic E-state index is 4.64. The number of thioether (sulfide) groups is 1. The SMILES string of the molecule is CCNC(=NCCCc1c[nH]c2ccccc12)NCCSC.I. The van der Waals surface area contributed by atoms with Gasteiger partial charge in [-0.15, -0.1) is 24.0 Å². The van der Waals surface area contributed by atoms with Crippen LogP contribution in [-0.2, 0) is 6.42 Å². The van der Waals surface area contributed by atoms with Crippen molar-refractivity contribution < 1.29 is 0 Å². The Hall–Kier alpha value is -0.890. The van der Waals surface area contributed by atoms with Gasteiger partial charge in [-0.1, -0.05) is 18.2 Å². The first kappa shape index (κ1) is 20.2. The molecule has 2 aromatic rings. The van der Waals surface area contributed by atoms with E-state index in [0.717, 1.165) is 44.2 Å². The number of guanidine groups is 1. The Morgan fingerprint density at radius 3 is 2.87 bits per heavy atom. The number of rotatable bonds is 8. The fraction of sp³-hybridized carbons (Fsp3) is 0.471. The second-order valence-electron chi connectivity index (χ2n) is 5.14.